The van der Waals surface area contributed by atoms with E-state index in [4.69, 9.17) is 13.9 Å². The van der Waals surface area contributed by atoms with Crippen molar-refractivity contribution >= 4 is 8.32 Å². The highest BCUT2D eigenvalue weighted by Gasteiger charge is 2.40. The lowest BCUT2D eigenvalue weighted by Gasteiger charge is -2.41. The Labute approximate surface area is 156 Å². The molecule has 0 rings (SSSR count). The van der Waals surface area contributed by atoms with Crippen molar-refractivity contribution in [2.24, 2.45) is 11.8 Å². The van der Waals surface area contributed by atoms with Crippen molar-refractivity contribution in [2.75, 3.05) is 13.9 Å². The lowest BCUT2D eigenvalue weighted by atomic mass is 9.89. The number of aliphatic hydroxyl groups is 1. The molecule has 0 radical (unpaired) electrons. The Morgan fingerprint density at radius 3 is 2.12 bits per heavy atom. The van der Waals surface area contributed by atoms with Crippen LogP contribution in [0, 0.1) is 11.8 Å². The van der Waals surface area contributed by atoms with Crippen molar-refractivity contribution < 1.29 is 19.0 Å². The van der Waals surface area contributed by atoms with Crippen molar-refractivity contribution in [3.8, 4) is 0 Å². The van der Waals surface area contributed by atoms with Gasteiger partial charge < -0.3 is 19.0 Å². The van der Waals surface area contributed by atoms with Gasteiger partial charge in [-0.05, 0) is 25.1 Å². The Hall–Kier alpha value is -0.463. The van der Waals surface area contributed by atoms with Gasteiger partial charge in [-0.2, -0.15) is 0 Å². The molecule has 1 N–H and O–H groups in total. The molecule has 0 aliphatic rings. The highest BCUT2D eigenvalue weighted by molar-refractivity contribution is 6.74. The Balaban J connectivity index is 5.17. The van der Waals surface area contributed by atoms with Gasteiger partial charge in [0, 0.05) is 25.0 Å². The number of ether oxygens (including phenoxy) is 2. The third-order valence-corrected chi connectivity index (χ3v) is 9.87. The smallest absolute Gasteiger partial charge is 0.192 e. The first kappa shape index (κ1) is 24.5. The predicted octanol–water partition coefficient (Wildman–Crippen LogP) is 4.76. The maximum Gasteiger partial charge on any atom is 0.192 e. The van der Waals surface area contributed by atoms with Gasteiger partial charge in [0.25, 0.3) is 0 Å². The lowest BCUT2D eigenvalue weighted by Crippen LogP contribution is -2.47. The van der Waals surface area contributed by atoms with Gasteiger partial charge in [-0.15, -0.1) is 6.58 Å². The highest BCUT2D eigenvalue weighted by atomic mass is 28.4. The molecule has 0 aromatic carbocycles. The normalized spacial score (nSPS) is 19.4. The first-order chi connectivity index (χ1) is 11.4. The molecule has 25 heavy (non-hydrogen) atoms. The molecule has 0 fully saturated rings. The maximum absolute atomic E-state index is 9.67. The summed E-state index contributed by atoms with van der Waals surface area (Å²) in [5.74, 6) is 0.301. The van der Waals surface area contributed by atoms with Crippen LogP contribution in [0.3, 0.4) is 0 Å². The first-order valence-electron chi connectivity index (χ1n) is 9.14. The second-order valence-electron chi connectivity index (χ2n) is 8.45. The highest BCUT2D eigenvalue weighted by Crippen LogP contribution is 2.38. The second kappa shape index (κ2) is 10.6. The van der Waals surface area contributed by atoms with E-state index in [1.165, 1.54) is 6.08 Å². The zero-order valence-corrected chi connectivity index (χ0v) is 18.7. The number of hydrogen-bond donors (Lipinski definition) is 1. The summed E-state index contributed by atoms with van der Waals surface area (Å²) < 4.78 is 17.6. The van der Waals surface area contributed by atoms with Crippen LogP contribution >= 0.6 is 0 Å². The minimum absolute atomic E-state index is 0.0621. The molecule has 1 unspecified atom stereocenters. The van der Waals surface area contributed by atoms with Crippen molar-refractivity contribution in [3.63, 3.8) is 0 Å². The van der Waals surface area contributed by atoms with Crippen LogP contribution < -0.4 is 0 Å². The van der Waals surface area contributed by atoms with E-state index in [1.54, 1.807) is 13.2 Å². The topological polar surface area (TPSA) is 47.9 Å². The molecule has 5 heteroatoms. The van der Waals surface area contributed by atoms with E-state index in [0.717, 1.165) is 0 Å². The molecule has 0 spiro atoms. The number of hydrogen-bond acceptors (Lipinski definition) is 4. The molecule has 4 nitrogen and oxygen atoms in total. The molecule has 0 aliphatic carbocycles. The van der Waals surface area contributed by atoms with Crippen LogP contribution in [0.25, 0.3) is 0 Å². The van der Waals surface area contributed by atoms with Crippen molar-refractivity contribution in [2.45, 2.75) is 78.0 Å². The van der Waals surface area contributed by atoms with E-state index >= 15 is 0 Å². The van der Waals surface area contributed by atoms with Crippen LogP contribution in [-0.2, 0) is 13.9 Å². The molecular formula is C20H40O4Si. The van der Waals surface area contributed by atoms with Crippen molar-refractivity contribution in [1.82, 2.24) is 0 Å². The molecule has 0 aromatic heterocycles. The minimum atomic E-state index is -1.84. The van der Waals surface area contributed by atoms with E-state index < -0.39 is 14.4 Å². The van der Waals surface area contributed by atoms with E-state index in [-0.39, 0.29) is 35.9 Å². The average molecular weight is 373 g/mol. The Kier molecular flexibility index (Phi) is 10.4. The third kappa shape index (κ3) is 8.18. The molecule has 0 saturated heterocycles. The van der Waals surface area contributed by atoms with Crippen LogP contribution in [0.5, 0.6) is 0 Å². The van der Waals surface area contributed by atoms with Gasteiger partial charge >= 0.3 is 0 Å². The fourth-order valence-electron chi connectivity index (χ4n) is 2.42. The molecule has 0 amide bonds. The summed E-state index contributed by atoms with van der Waals surface area (Å²) in [6.07, 6.45) is 4.59. The summed E-state index contributed by atoms with van der Waals surface area (Å²) in [6.45, 7) is 21.5. The van der Waals surface area contributed by atoms with Crippen LogP contribution in [0.2, 0.25) is 18.1 Å². The maximum atomic E-state index is 9.67. The first-order valence-corrected chi connectivity index (χ1v) is 12.1. The van der Waals surface area contributed by atoms with Crippen LogP contribution in [-0.4, -0.2) is 45.6 Å². The zero-order chi connectivity index (χ0) is 19.8. The molecule has 0 saturated carbocycles. The van der Waals surface area contributed by atoms with E-state index in [9.17, 15) is 5.11 Å². The van der Waals surface area contributed by atoms with E-state index in [2.05, 4.69) is 61.2 Å². The van der Waals surface area contributed by atoms with Gasteiger partial charge in [0.15, 0.2) is 8.32 Å². The summed E-state index contributed by atoms with van der Waals surface area (Å²) in [4.78, 5) is 0. The fraction of sp³-hybridized carbons (Fsp3) is 0.800. The fourth-order valence-corrected chi connectivity index (χ4v) is 3.92. The average Bonchev–Trinajstić information content (AvgIpc) is 2.50. The lowest BCUT2D eigenvalue weighted by molar-refractivity contribution is -0.115. The standard InChI is InChI=1S/C20H40O4Si/c1-11-18(21)13-12-15(2)19(23-14-22-8)16(3)17(4)24-25(9,10)20(5,6)7/h11-13,15-19,21H,1,14H2,2-10H3/b13-12+/t15-,16-,17-,18?,19+/m1/s1. The quantitative estimate of drug-likeness (QED) is 0.323. The van der Waals surface area contributed by atoms with Gasteiger partial charge in [0.2, 0.25) is 0 Å². The predicted molar refractivity (Wildman–Crippen MR) is 108 cm³/mol. The molecule has 0 heterocycles. The minimum Gasteiger partial charge on any atom is -0.414 e. The van der Waals surface area contributed by atoms with E-state index in [1.807, 2.05) is 6.08 Å². The molecule has 0 aliphatic heterocycles. The summed E-state index contributed by atoms with van der Waals surface area (Å²) in [5.41, 5.74) is 0. The molecule has 0 aromatic rings. The molecule has 0 bridgehead atoms. The number of methoxy groups -OCH3 is 1. The van der Waals surface area contributed by atoms with Gasteiger partial charge in [-0.3, -0.25) is 0 Å². The zero-order valence-electron chi connectivity index (χ0n) is 17.7. The van der Waals surface area contributed by atoms with Crippen LogP contribution in [0.4, 0.5) is 0 Å². The van der Waals surface area contributed by atoms with Gasteiger partial charge in [0.05, 0.1) is 12.2 Å². The SMILES string of the molecule is C=CC(O)/C=C/[C@@H](C)[C@H](OCOC)[C@H](C)[C@@H](C)O[Si](C)(C)C(C)(C)C. The number of aliphatic hydroxyl groups excluding tert-OH is 1. The number of rotatable bonds is 11. The third-order valence-electron chi connectivity index (χ3n) is 5.30. The van der Waals surface area contributed by atoms with Crippen molar-refractivity contribution in [1.29, 1.82) is 0 Å². The van der Waals surface area contributed by atoms with Crippen molar-refractivity contribution in [3.05, 3.63) is 24.8 Å². The Morgan fingerprint density at radius 1 is 1.12 bits per heavy atom. The molecule has 5 atom stereocenters. The summed E-state index contributed by atoms with van der Waals surface area (Å²) in [5, 5.41) is 9.84. The van der Waals surface area contributed by atoms with Crippen LogP contribution in [0.1, 0.15) is 41.5 Å². The monoisotopic (exact) mass is 372 g/mol. The molecule has 148 valence electrons. The largest absolute Gasteiger partial charge is 0.414 e. The Morgan fingerprint density at radius 2 is 1.68 bits per heavy atom. The summed E-state index contributed by atoms with van der Waals surface area (Å²) >= 11 is 0. The van der Waals surface area contributed by atoms with Gasteiger partial charge in [-0.25, -0.2) is 0 Å². The van der Waals surface area contributed by atoms with E-state index in [0.29, 0.717) is 0 Å². The molecular weight excluding hydrogens is 332 g/mol. The summed E-state index contributed by atoms with van der Waals surface area (Å²) in [7, 11) is -0.219. The van der Waals surface area contributed by atoms with Gasteiger partial charge in [-0.1, -0.05) is 52.8 Å². The summed E-state index contributed by atoms with van der Waals surface area (Å²) in [6, 6.07) is 0. The Bertz CT molecular complexity index is 414. The second-order valence-corrected chi connectivity index (χ2v) is 13.2. The van der Waals surface area contributed by atoms with Gasteiger partial charge in [0.1, 0.15) is 6.79 Å². The van der Waals surface area contributed by atoms with Crippen LogP contribution in [0.15, 0.2) is 24.8 Å².